The summed E-state index contributed by atoms with van der Waals surface area (Å²) in [7, 11) is -3.75. The van der Waals surface area contributed by atoms with E-state index in [0.29, 0.717) is 17.1 Å². The molecule has 27 heavy (non-hydrogen) atoms. The van der Waals surface area contributed by atoms with E-state index < -0.39 is 10.0 Å². The molecule has 0 spiro atoms. The second kappa shape index (κ2) is 7.95. The average molecular weight is 405 g/mol. The Morgan fingerprint density at radius 1 is 1.07 bits per heavy atom. The number of carbonyl (C=O) groups is 1. The highest BCUT2D eigenvalue weighted by atomic mass is 32.2. The number of halogens is 1. The lowest BCUT2D eigenvalue weighted by Gasteiger charge is -2.03. The Hall–Kier alpha value is -2.62. The lowest BCUT2D eigenvalue weighted by molar-refractivity contribution is -0.115. The predicted octanol–water partition coefficient (Wildman–Crippen LogP) is 2.70. The number of nitrogens with one attached hydrogen (secondary N) is 1. The Balaban J connectivity index is 1.58. The fourth-order valence-corrected chi connectivity index (χ4v) is 3.77. The molecule has 0 aliphatic rings. The van der Waals surface area contributed by atoms with Crippen LogP contribution in [-0.4, -0.2) is 19.3 Å². The standard InChI is InChI=1S/C18H16FN3O3S2/c19-14-5-1-12(2-6-14)9-15-11-21-18(26-15)22-17(23)10-13-3-7-16(8-4-13)27(20,24)25/h1-8,11H,9-10H2,(H2,20,24,25)(H,21,22,23). The van der Waals surface area contributed by atoms with Crippen LogP contribution in [0, 0.1) is 5.82 Å². The van der Waals surface area contributed by atoms with E-state index in [1.54, 1.807) is 30.5 Å². The molecule has 0 radical (unpaired) electrons. The molecular weight excluding hydrogens is 389 g/mol. The van der Waals surface area contributed by atoms with Gasteiger partial charge in [0.1, 0.15) is 5.82 Å². The van der Waals surface area contributed by atoms with Crippen molar-refractivity contribution in [3.8, 4) is 0 Å². The zero-order valence-electron chi connectivity index (χ0n) is 14.1. The number of carbonyl (C=O) groups excluding carboxylic acids is 1. The fraction of sp³-hybridized carbons (Fsp3) is 0.111. The van der Waals surface area contributed by atoms with E-state index in [4.69, 9.17) is 5.14 Å². The first kappa shape index (κ1) is 19.2. The van der Waals surface area contributed by atoms with Crippen molar-refractivity contribution in [3.05, 3.63) is 76.5 Å². The van der Waals surface area contributed by atoms with Gasteiger partial charge < -0.3 is 5.32 Å². The number of thiazole rings is 1. The zero-order chi connectivity index (χ0) is 19.4. The van der Waals surface area contributed by atoms with Crippen LogP contribution in [0.15, 0.2) is 59.6 Å². The van der Waals surface area contributed by atoms with Crippen molar-refractivity contribution in [2.45, 2.75) is 17.7 Å². The maximum atomic E-state index is 12.9. The molecule has 3 rings (SSSR count). The van der Waals surface area contributed by atoms with E-state index in [0.717, 1.165) is 10.4 Å². The number of aromatic nitrogens is 1. The monoisotopic (exact) mass is 405 g/mol. The number of rotatable bonds is 6. The Morgan fingerprint density at radius 2 is 1.70 bits per heavy atom. The van der Waals surface area contributed by atoms with Gasteiger partial charge in [-0.25, -0.2) is 22.9 Å². The largest absolute Gasteiger partial charge is 0.302 e. The third kappa shape index (κ3) is 5.43. The molecule has 140 valence electrons. The summed E-state index contributed by atoms with van der Waals surface area (Å²) in [6, 6.07) is 12.0. The van der Waals surface area contributed by atoms with Crippen molar-refractivity contribution in [1.82, 2.24) is 4.98 Å². The van der Waals surface area contributed by atoms with Gasteiger partial charge in [0.05, 0.1) is 11.3 Å². The lowest BCUT2D eigenvalue weighted by atomic mass is 10.1. The van der Waals surface area contributed by atoms with Crippen molar-refractivity contribution in [2.24, 2.45) is 5.14 Å². The molecule has 0 bridgehead atoms. The van der Waals surface area contributed by atoms with Gasteiger partial charge in [0.25, 0.3) is 0 Å². The first-order valence-corrected chi connectivity index (χ1v) is 10.3. The molecule has 0 saturated heterocycles. The number of primary sulfonamides is 1. The molecule has 0 unspecified atom stereocenters. The summed E-state index contributed by atoms with van der Waals surface area (Å²) < 4.78 is 35.4. The van der Waals surface area contributed by atoms with Gasteiger partial charge in [0.2, 0.25) is 15.9 Å². The Bertz CT molecular complexity index is 1050. The molecular formula is C18H16FN3O3S2. The number of nitrogens with zero attached hydrogens (tertiary/aromatic N) is 1. The zero-order valence-corrected chi connectivity index (χ0v) is 15.7. The number of benzene rings is 2. The van der Waals surface area contributed by atoms with E-state index in [1.807, 2.05) is 0 Å². The van der Waals surface area contributed by atoms with E-state index in [2.05, 4.69) is 10.3 Å². The minimum atomic E-state index is -3.75. The van der Waals surface area contributed by atoms with Crippen molar-refractivity contribution < 1.29 is 17.6 Å². The summed E-state index contributed by atoms with van der Waals surface area (Å²) in [4.78, 5) is 17.3. The normalized spacial score (nSPS) is 11.3. The first-order valence-electron chi connectivity index (χ1n) is 7.90. The van der Waals surface area contributed by atoms with E-state index in [-0.39, 0.29) is 23.0 Å². The molecule has 0 aliphatic heterocycles. The highest BCUT2D eigenvalue weighted by Crippen LogP contribution is 2.21. The first-order chi connectivity index (χ1) is 12.8. The quantitative estimate of drug-likeness (QED) is 0.658. The van der Waals surface area contributed by atoms with Gasteiger partial charge in [-0.2, -0.15) is 0 Å². The molecule has 0 atom stereocenters. The Labute approximate surface area is 159 Å². The third-order valence-corrected chi connectivity index (χ3v) is 5.55. The van der Waals surface area contributed by atoms with Crippen molar-refractivity contribution in [2.75, 3.05) is 5.32 Å². The smallest absolute Gasteiger partial charge is 0.238 e. The molecule has 1 heterocycles. The lowest BCUT2D eigenvalue weighted by Crippen LogP contribution is -2.15. The van der Waals surface area contributed by atoms with Crippen LogP contribution in [0.4, 0.5) is 9.52 Å². The van der Waals surface area contributed by atoms with Crippen molar-refractivity contribution >= 4 is 32.4 Å². The number of anilines is 1. The fourth-order valence-electron chi connectivity index (χ4n) is 2.40. The number of nitrogens with two attached hydrogens (primary N) is 1. The number of amides is 1. The maximum absolute atomic E-state index is 12.9. The molecule has 0 aliphatic carbocycles. The SMILES string of the molecule is NS(=O)(=O)c1ccc(CC(=O)Nc2ncc(Cc3ccc(F)cc3)s2)cc1. The average Bonchev–Trinajstić information content (AvgIpc) is 3.03. The van der Waals surface area contributed by atoms with E-state index >= 15 is 0 Å². The minimum absolute atomic E-state index is 0.00276. The van der Waals surface area contributed by atoms with Crippen LogP contribution >= 0.6 is 11.3 Å². The van der Waals surface area contributed by atoms with Crippen LogP contribution in [0.1, 0.15) is 16.0 Å². The van der Waals surface area contributed by atoms with Gasteiger partial charge >= 0.3 is 0 Å². The number of hydrogen-bond donors (Lipinski definition) is 2. The molecule has 1 amide bonds. The topological polar surface area (TPSA) is 102 Å². The molecule has 9 heteroatoms. The molecule has 0 saturated carbocycles. The molecule has 6 nitrogen and oxygen atoms in total. The second-order valence-corrected chi connectivity index (χ2v) is 8.53. The predicted molar refractivity (Wildman–Crippen MR) is 101 cm³/mol. The molecule has 2 aromatic carbocycles. The van der Waals surface area contributed by atoms with Crippen molar-refractivity contribution in [3.63, 3.8) is 0 Å². The second-order valence-electron chi connectivity index (χ2n) is 5.85. The van der Waals surface area contributed by atoms with Gasteiger partial charge in [-0.15, -0.1) is 11.3 Å². The third-order valence-electron chi connectivity index (χ3n) is 3.71. The van der Waals surface area contributed by atoms with Crippen LogP contribution in [0.3, 0.4) is 0 Å². The van der Waals surface area contributed by atoms with Crippen molar-refractivity contribution in [1.29, 1.82) is 0 Å². The summed E-state index contributed by atoms with van der Waals surface area (Å²) in [5.74, 6) is -0.547. The molecule has 3 N–H and O–H groups in total. The van der Waals surface area contributed by atoms with E-state index in [9.17, 15) is 17.6 Å². The number of hydrogen-bond acceptors (Lipinski definition) is 5. The summed E-state index contributed by atoms with van der Waals surface area (Å²) in [5, 5.41) is 8.23. The highest BCUT2D eigenvalue weighted by molar-refractivity contribution is 7.89. The molecule has 3 aromatic rings. The minimum Gasteiger partial charge on any atom is -0.302 e. The maximum Gasteiger partial charge on any atom is 0.238 e. The Kier molecular flexibility index (Phi) is 5.64. The van der Waals surface area contributed by atoms with Crippen LogP contribution in [-0.2, 0) is 27.7 Å². The summed E-state index contributed by atoms with van der Waals surface area (Å²) in [5.41, 5.74) is 1.61. The molecule has 0 fully saturated rings. The van der Waals surface area contributed by atoms with Gasteiger partial charge in [-0.05, 0) is 35.4 Å². The van der Waals surface area contributed by atoms with Crippen LogP contribution in [0.2, 0.25) is 0 Å². The van der Waals surface area contributed by atoms with Crippen LogP contribution in [0.5, 0.6) is 0 Å². The summed E-state index contributed by atoms with van der Waals surface area (Å²) >= 11 is 1.34. The summed E-state index contributed by atoms with van der Waals surface area (Å²) in [6.07, 6.45) is 2.35. The van der Waals surface area contributed by atoms with E-state index in [1.165, 1.54) is 35.6 Å². The number of sulfonamides is 1. The van der Waals surface area contributed by atoms with Gasteiger partial charge in [-0.1, -0.05) is 24.3 Å². The van der Waals surface area contributed by atoms with Crippen LogP contribution in [0.25, 0.3) is 0 Å². The van der Waals surface area contributed by atoms with Gasteiger partial charge in [-0.3, -0.25) is 4.79 Å². The van der Waals surface area contributed by atoms with Gasteiger partial charge in [0.15, 0.2) is 5.13 Å². The van der Waals surface area contributed by atoms with Crippen LogP contribution < -0.4 is 10.5 Å². The highest BCUT2D eigenvalue weighted by Gasteiger charge is 2.10. The van der Waals surface area contributed by atoms with Gasteiger partial charge in [0, 0.05) is 17.5 Å². The molecule has 1 aromatic heterocycles. The Morgan fingerprint density at radius 3 is 2.33 bits per heavy atom. The summed E-state index contributed by atoms with van der Waals surface area (Å²) in [6.45, 7) is 0.